The van der Waals surface area contributed by atoms with E-state index in [1.54, 1.807) is 19.1 Å². The summed E-state index contributed by atoms with van der Waals surface area (Å²) in [6.45, 7) is 2.05. The van der Waals surface area contributed by atoms with E-state index < -0.39 is 11.7 Å². The van der Waals surface area contributed by atoms with Gasteiger partial charge in [0, 0.05) is 12.2 Å². The van der Waals surface area contributed by atoms with Crippen LogP contribution in [0, 0.1) is 18.6 Å². The molecule has 3 N–H and O–H groups in total. The normalized spacial score (nSPS) is 10.3. The Morgan fingerprint density at radius 1 is 1.15 bits per heavy atom. The molecule has 0 atom stereocenters. The van der Waals surface area contributed by atoms with Crippen LogP contribution >= 0.6 is 0 Å². The molecule has 0 aromatic heterocycles. The highest BCUT2D eigenvalue weighted by molar-refractivity contribution is 5.94. The minimum atomic E-state index is -0.826. The monoisotopic (exact) mass is 276 g/mol. The molecule has 1 amide bonds. The van der Waals surface area contributed by atoms with Crippen LogP contribution in [0.3, 0.4) is 0 Å². The second-order valence-electron chi connectivity index (χ2n) is 4.50. The topological polar surface area (TPSA) is 55.1 Å². The third kappa shape index (κ3) is 3.12. The highest BCUT2D eigenvalue weighted by Gasteiger charge is 2.09. The van der Waals surface area contributed by atoms with Gasteiger partial charge in [-0.2, -0.15) is 0 Å². The van der Waals surface area contributed by atoms with E-state index in [0.717, 1.165) is 11.6 Å². The summed E-state index contributed by atoms with van der Waals surface area (Å²) < 4.78 is 26.7. The van der Waals surface area contributed by atoms with Crippen molar-refractivity contribution in [3.63, 3.8) is 0 Å². The van der Waals surface area contributed by atoms with Gasteiger partial charge < -0.3 is 11.1 Å². The molecule has 0 saturated carbocycles. The van der Waals surface area contributed by atoms with E-state index in [1.807, 2.05) is 0 Å². The summed E-state index contributed by atoms with van der Waals surface area (Å²) in [5.74, 6) is -1.77. The van der Waals surface area contributed by atoms with Crippen molar-refractivity contribution >= 4 is 11.6 Å². The van der Waals surface area contributed by atoms with E-state index in [0.29, 0.717) is 17.8 Å². The van der Waals surface area contributed by atoms with Crippen molar-refractivity contribution < 1.29 is 13.6 Å². The van der Waals surface area contributed by atoms with Crippen LogP contribution in [0.15, 0.2) is 36.4 Å². The van der Waals surface area contributed by atoms with E-state index in [-0.39, 0.29) is 11.4 Å². The lowest BCUT2D eigenvalue weighted by atomic mass is 10.1. The molecule has 0 heterocycles. The standard InChI is InChI=1S/C15H14F2N2O/c1-9-2-3-10(6-14(9)17)8-19-11-4-5-13(16)12(7-11)15(18)20/h2-7,19H,8H2,1H3,(H2,18,20). The number of benzene rings is 2. The molecule has 0 fully saturated rings. The van der Waals surface area contributed by atoms with Crippen molar-refractivity contribution in [2.75, 3.05) is 5.32 Å². The average molecular weight is 276 g/mol. The van der Waals surface area contributed by atoms with Crippen molar-refractivity contribution in [2.45, 2.75) is 13.5 Å². The first kappa shape index (κ1) is 14.0. The summed E-state index contributed by atoms with van der Waals surface area (Å²) in [6, 6.07) is 8.91. The van der Waals surface area contributed by atoms with Gasteiger partial charge in [0.2, 0.25) is 0 Å². The number of rotatable bonds is 4. The third-order valence-corrected chi connectivity index (χ3v) is 2.96. The predicted molar refractivity (Wildman–Crippen MR) is 73.4 cm³/mol. The van der Waals surface area contributed by atoms with Gasteiger partial charge >= 0.3 is 0 Å². The maximum absolute atomic E-state index is 13.4. The summed E-state index contributed by atoms with van der Waals surface area (Å²) in [5, 5.41) is 2.99. The lowest BCUT2D eigenvalue weighted by Crippen LogP contribution is -2.13. The molecule has 0 radical (unpaired) electrons. The molecule has 0 saturated heterocycles. The largest absolute Gasteiger partial charge is 0.381 e. The lowest BCUT2D eigenvalue weighted by Gasteiger charge is -2.09. The minimum Gasteiger partial charge on any atom is -0.381 e. The number of anilines is 1. The Morgan fingerprint density at radius 2 is 1.90 bits per heavy atom. The summed E-state index contributed by atoms with van der Waals surface area (Å²) in [7, 11) is 0. The molecule has 2 aromatic rings. The van der Waals surface area contributed by atoms with Crippen molar-refractivity contribution in [1.82, 2.24) is 0 Å². The molecule has 3 nitrogen and oxygen atoms in total. The van der Waals surface area contributed by atoms with Crippen LogP contribution in [0.1, 0.15) is 21.5 Å². The van der Waals surface area contributed by atoms with Gasteiger partial charge in [-0.25, -0.2) is 8.78 Å². The SMILES string of the molecule is Cc1ccc(CNc2ccc(F)c(C(N)=O)c2)cc1F. The minimum absolute atomic E-state index is 0.176. The lowest BCUT2D eigenvalue weighted by molar-refractivity contribution is 0.0996. The Kier molecular flexibility index (Phi) is 3.98. The van der Waals surface area contributed by atoms with Crippen molar-refractivity contribution in [3.05, 3.63) is 64.7 Å². The number of carbonyl (C=O) groups excluding carboxylic acids is 1. The number of hydrogen-bond donors (Lipinski definition) is 2. The zero-order chi connectivity index (χ0) is 14.7. The number of nitrogens with one attached hydrogen (secondary N) is 1. The highest BCUT2D eigenvalue weighted by atomic mass is 19.1. The maximum Gasteiger partial charge on any atom is 0.251 e. The molecular weight excluding hydrogens is 262 g/mol. The van der Waals surface area contributed by atoms with Gasteiger partial charge in [0.1, 0.15) is 11.6 Å². The Bertz CT molecular complexity index is 656. The van der Waals surface area contributed by atoms with Crippen LogP contribution in [0.25, 0.3) is 0 Å². The number of amides is 1. The average Bonchev–Trinajstić information content (AvgIpc) is 2.41. The van der Waals surface area contributed by atoms with Gasteiger partial charge in [0.15, 0.2) is 0 Å². The van der Waals surface area contributed by atoms with Gasteiger partial charge in [-0.3, -0.25) is 4.79 Å². The zero-order valence-corrected chi connectivity index (χ0v) is 10.9. The zero-order valence-electron chi connectivity index (χ0n) is 10.9. The molecule has 104 valence electrons. The summed E-state index contributed by atoms with van der Waals surface area (Å²) in [5.41, 5.74) is 6.76. The molecular formula is C15H14F2N2O. The second-order valence-corrected chi connectivity index (χ2v) is 4.50. The number of primary amides is 1. The van der Waals surface area contributed by atoms with Crippen molar-refractivity contribution in [1.29, 1.82) is 0 Å². The molecule has 0 aliphatic heterocycles. The summed E-state index contributed by atoms with van der Waals surface area (Å²) >= 11 is 0. The van der Waals surface area contributed by atoms with Crippen LogP contribution < -0.4 is 11.1 Å². The molecule has 0 bridgehead atoms. The third-order valence-electron chi connectivity index (χ3n) is 2.96. The number of hydrogen-bond acceptors (Lipinski definition) is 2. The Hall–Kier alpha value is -2.43. The first-order valence-corrected chi connectivity index (χ1v) is 6.05. The van der Waals surface area contributed by atoms with E-state index >= 15 is 0 Å². The van der Waals surface area contributed by atoms with Crippen molar-refractivity contribution in [2.24, 2.45) is 5.73 Å². The van der Waals surface area contributed by atoms with E-state index in [2.05, 4.69) is 5.32 Å². The molecule has 5 heteroatoms. The maximum atomic E-state index is 13.4. The summed E-state index contributed by atoms with van der Waals surface area (Å²) in [4.78, 5) is 11.0. The molecule has 0 spiro atoms. The van der Waals surface area contributed by atoms with E-state index in [1.165, 1.54) is 18.2 Å². The molecule has 2 rings (SSSR count). The fraction of sp³-hybridized carbons (Fsp3) is 0.133. The van der Waals surface area contributed by atoms with Gasteiger partial charge in [-0.05, 0) is 42.3 Å². The van der Waals surface area contributed by atoms with Crippen LogP contribution in [0.4, 0.5) is 14.5 Å². The number of nitrogens with two attached hydrogens (primary N) is 1. The highest BCUT2D eigenvalue weighted by Crippen LogP contribution is 2.16. The molecule has 0 unspecified atom stereocenters. The predicted octanol–water partition coefficient (Wildman–Crippen LogP) is 2.98. The van der Waals surface area contributed by atoms with E-state index in [4.69, 9.17) is 5.73 Å². The van der Waals surface area contributed by atoms with Gasteiger partial charge in [0.05, 0.1) is 5.56 Å². The van der Waals surface area contributed by atoms with Crippen LogP contribution in [0.2, 0.25) is 0 Å². The fourth-order valence-corrected chi connectivity index (χ4v) is 1.77. The van der Waals surface area contributed by atoms with Crippen LogP contribution in [-0.4, -0.2) is 5.91 Å². The number of halogens is 2. The van der Waals surface area contributed by atoms with Gasteiger partial charge in [-0.15, -0.1) is 0 Å². The van der Waals surface area contributed by atoms with Crippen LogP contribution in [-0.2, 0) is 6.54 Å². The van der Waals surface area contributed by atoms with Gasteiger partial charge in [0.25, 0.3) is 5.91 Å². The first-order chi connectivity index (χ1) is 9.47. The smallest absolute Gasteiger partial charge is 0.251 e. The van der Waals surface area contributed by atoms with E-state index in [9.17, 15) is 13.6 Å². The molecule has 2 aromatic carbocycles. The molecule has 20 heavy (non-hydrogen) atoms. The Labute approximate surface area is 115 Å². The Balaban J connectivity index is 2.12. The van der Waals surface area contributed by atoms with Crippen LogP contribution in [0.5, 0.6) is 0 Å². The first-order valence-electron chi connectivity index (χ1n) is 6.05. The molecule has 0 aliphatic carbocycles. The molecule has 0 aliphatic rings. The van der Waals surface area contributed by atoms with Gasteiger partial charge in [-0.1, -0.05) is 12.1 Å². The quantitative estimate of drug-likeness (QED) is 0.902. The summed E-state index contributed by atoms with van der Waals surface area (Å²) in [6.07, 6.45) is 0. The number of aryl methyl sites for hydroxylation is 1. The Morgan fingerprint density at radius 3 is 2.55 bits per heavy atom. The van der Waals surface area contributed by atoms with Crippen molar-refractivity contribution in [3.8, 4) is 0 Å². The number of carbonyl (C=O) groups is 1. The fourth-order valence-electron chi connectivity index (χ4n) is 1.77. The second kappa shape index (κ2) is 5.69.